The molecule has 4 heteroatoms. The van der Waals surface area contributed by atoms with Crippen LogP contribution in [-0.2, 0) is 11.2 Å². The summed E-state index contributed by atoms with van der Waals surface area (Å²) >= 11 is 0. The largest absolute Gasteiger partial charge is 0.356 e. The summed E-state index contributed by atoms with van der Waals surface area (Å²) < 4.78 is 1.84. The summed E-state index contributed by atoms with van der Waals surface area (Å²) in [6, 6.07) is 12.2. The van der Waals surface area contributed by atoms with Gasteiger partial charge in [-0.2, -0.15) is 5.10 Å². The van der Waals surface area contributed by atoms with E-state index in [1.165, 1.54) is 5.56 Å². The fraction of sp³-hybridized carbons (Fsp3) is 0.375. The Labute approximate surface area is 119 Å². The topological polar surface area (TPSA) is 46.9 Å². The fourth-order valence-corrected chi connectivity index (χ4v) is 2.10. The maximum Gasteiger partial charge on any atom is 0.222 e. The van der Waals surface area contributed by atoms with Crippen molar-refractivity contribution < 1.29 is 4.79 Å². The molecule has 2 rings (SSSR count). The van der Waals surface area contributed by atoms with Crippen molar-refractivity contribution in [1.82, 2.24) is 15.1 Å². The van der Waals surface area contributed by atoms with E-state index in [1.54, 1.807) is 0 Å². The Balaban J connectivity index is 1.73. The van der Waals surface area contributed by atoms with Gasteiger partial charge in [0.05, 0.1) is 11.7 Å². The number of aromatic nitrogens is 2. The third kappa shape index (κ3) is 4.23. The molecule has 0 aliphatic heterocycles. The second kappa shape index (κ2) is 6.89. The summed E-state index contributed by atoms with van der Waals surface area (Å²) in [4.78, 5) is 11.9. The fourth-order valence-electron chi connectivity index (χ4n) is 2.10. The van der Waals surface area contributed by atoms with E-state index in [-0.39, 0.29) is 11.9 Å². The van der Waals surface area contributed by atoms with Crippen LogP contribution < -0.4 is 5.32 Å². The Morgan fingerprint density at radius 3 is 2.70 bits per heavy atom. The predicted octanol–water partition coefficient (Wildman–Crippen LogP) is 2.50. The number of hydrogen-bond acceptors (Lipinski definition) is 2. The molecule has 1 amide bonds. The van der Waals surface area contributed by atoms with E-state index in [0.717, 1.165) is 12.1 Å². The first-order valence-electron chi connectivity index (χ1n) is 6.97. The van der Waals surface area contributed by atoms with Gasteiger partial charge in [-0.1, -0.05) is 30.3 Å². The van der Waals surface area contributed by atoms with Crippen molar-refractivity contribution in [2.24, 2.45) is 0 Å². The molecule has 0 radical (unpaired) electrons. The molecule has 1 aromatic carbocycles. The average Bonchev–Trinajstić information content (AvgIpc) is 2.87. The summed E-state index contributed by atoms with van der Waals surface area (Å²) in [6.45, 7) is 4.63. The molecule has 106 valence electrons. The van der Waals surface area contributed by atoms with Gasteiger partial charge in [-0.3, -0.25) is 9.48 Å². The van der Waals surface area contributed by atoms with Crippen molar-refractivity contribution in [3.63, 3.8) is 0 Å². The van der Waals surface area contributed by atoms with Crippen LogP contribution in [0, 0.1) is 6.92 Å². The Morgan fingerprint density at radius 1 is 1.30 bits per heavy atom. The third-order valence-electron chi connectivity index (χ3n) is 3.25. The lowest BCUT2D eigenvalue weighted by atomic mass is 10.1. The first-order chi connectivity index (χ1) is 9.65. The molecule has 1 atom stereocenters. The molecule has 0 spiro atoms. The van der Waals surface area contributed by atoms with Crippen LogP contribution in [0.15, 0.2) is 42.6 Å². The molecule has 0 aliphatic carbocycles. The van der Waals surface area contributed by atoms with Crippen LogP contribution in [-0.4, -0.2) is 22.2 Å². The summed E-state index contributed by atoms with van der Waals surface area (Å²) in [5.74, 6) is 0.0709. The molecular weight excluding hydrogens is 250 g/mol. The summed E-state index contributed by atoms with van der Waals surface area (Å²) in [6.07, 6.45) is 3.23. The minimum atomic E-state index is 0.0709. The maximum atomic E-state index is 11.9. The number of nitrogens with one attached hydrogen (secondary N) is 1. The van der Waals surface area contributed by atoms with Crippen LogP contribution in [0.25, 0.3) is 0 Å². The quantitative estimate of drug-likeness (QED) is 0.877. The van der Waals surface area contributed by atoms with Crippen LogP contribution in [0.3, 0.4) is 0 Å². The molecule has 0 fully saturated rings. The minimum Gasteiger partial charge on any atom is -0.356 e. The summed E-state index contributed by atoms with van der Waals surface area (Å²) in [5.41, 5.74) is 2.21. The second-order valence-electron chi connectivity index (χ2n) is 5.08. The molecule has 1 heterocycles. The van der Waals surface area contributed by atoms with Gasteiger partial charge >= 0.3 is 0 Å². The second-order valence-corrected chi connectivity index (χ2v) is 5.08. The molecule has 20 heavy (non-hydrogen) atoms. The van der Waals surface area contributed by atoms with Crippen molar-refractivity contribution in [3.8, 4) is 0 Å². The monoisotopic (exact) mass is 271 g/mol. The lowest BCUT2D eigenvalue weighted by molar-refractivity contribution is -0.121. The van der Waals surface area contributed by atoms with Crippen LogP contribution in [0.4, 0.5) is 0 Å². The molecule has 0 saturated carbocycles. The lowest BCUT2D eigenvalue weighted by Gasteiger charge is -2.12. The standard InChI is InChI=1S/C16H21N3O/c1-13-9-11-19(18-13)14(2)12-16(20)17-10-8-15-6-4-3-5-7-15/h3-7,9,11,14H,8,10,12H2,1-2H3,(H,17,20)/t14-/m0/s1. The number of carbonyl (C=O) groups is 1. The van der Waals surface area contributed by atoms with Crippen molar-refractivity contribution >= 4 is 5.91 Å². The molecule has 0 aliphatic rings. The number of carbonyl (C=O) groups excluding carboxylic acids is 1. The minimum absolute atomic E-state index is 0.0709. The van der Waals surface area contributed by atoms with Gasteiger partial charge in [0, 0.05) is 19.2 Å². The maximum absolute atomic E-state index is 11.9. The van der Waals surface area contributed by atoms with Crippen LogP contribution in [0.2, 0.25) is 0 Å². The highest BCUT2D eigenvalue weighted by atomic mass is 16.1. The number of benzene rings is 1. The van der Waals surface area contributed by atoms with Gasteiger partial charge in [0.1, 0.15) is 0 Å². The van der Waals surface area contributed by atoms with Gasteiger partial charge < -0.3 is 5.32 Å². The zero-order chi connectivity index (χ0) is 14.4. The van der Waals surface area contributed by atoms with E-state index in [9.17, 15) is 4.79 Å². The highest BCUT2D eigenvalue weighted by Crippen LogP contribution is 2.09. The number of nitrogens with zero attached hydrogens (tertiary/aromatic N) is 2. The van der Waals surface area contributed by atoms with Crippen molar-refractivity contribution in [2.45, 2.75) is 32.7 Å². The molecule has 0 unspecified atom stereocenters. The highest BCUT2D eigenvalue weighted by Gasteiger charge is 2.11. The van der Waals surface area contributed by atoms with E-state index < -0.39 is 0 Å². The van der Waals surface area contributed by atoms with Gasteiger partial charge in [-0.05, 0) is 31.9 Å². The van der Waals surface area contributed by atoms with E-state index in [2.05, 4.69) is 22.5 Å². The van der Waals surface area contributed by atoms with E-state index >= 15 is 0 Å². The predicted molar refractivity (Wildman–Crippen MR) is 79.4 cm³/mol. The van der Waals surface area contributed by atoms with Gasteiger partial charge in [0.25, 0.3) is 0 Å². The van der Waals surface area contributed by atoms with Gasteiger partial charge in [0.2, 0.25) is 5.91 Å². The average molecular weight is 271 g/mol. The highest BCUT2D eigenvalue weighted by molar-refractivity contribution is 5.76. The van der Waals surface area contributed by atoms with Gasteiger partial charge in [-0.25, -0.2) is 0 Å². The Morgan fingerprint density at radius 2 is 2.05 bits per heavy atom. The molecule has 0 saturated heterocycles. The van der Waals surface area contributed by atoms with Crippen LogP contribution >= 0.6 is 0 Å². The Hall–Kier alpha value is -2.10. The molecule has 4 nitrogen and oxygen atoms in total. The lowest BCUT2D eigenvalue weighted by Crippen LogP contribution is -2.27. The Bertz CT molecular complexity index is 548. The normalized spacial score (nSPS) is 12.1. The number of aryl methyl sites for hydroxylation is 1. The zero-order valence-corrected chi connectivity index (χ0v) is 12.0. The molecule has 1 aromatic heterocycles. The molecule has 1 N–H and O–H groups in total. The van der Waals surface area contributed by atoms with E-state index in [4.69, 9.17) is 0 Å². The van der Waals surface area contributed by atoms with Crippen molar-refractivity contribution in [1.29, 1.82) is 0 Å². The smallest absolute Gasteiger partial charge is 0.222 e. The van der Waals surface area contributed by atoms with Gasteiger partial charge in [0.15, 0.2) is 0 Å². The third-order valence-corrected chi connectivity index (χ3v) is 3.25. The number of hydrogen-bond donors (Lipinski definition) is 1. The van der Waals surface area contributed by atoms with Gasteiger partial charge in [-0.15, -0.1) is 0 Å². The number of amides is 1. The Kier molecular flexibility index (Phi) is 4.93. The van der Waals surface area contributed by atoms with Crippen molar-refractivity contribution in [2.75, 3.05) is 6.54 Å². The number of rotatable bonds is 6. The molecular formula is C16H21N3O. The molecule has 2 aromatic rings. The van der Waals surface area contributed by atoms with Crippen LogP contribution in [0.1, 0.15) is 30.6 Å². The molecule has 0 bridgehead atoms. The SMILES string of the molecule is Cc1ccn([C@@H](C)CC(=O)NCCc2ccccc2)n1. The van der Waals surface area contributed by atoms with Crippen LogP contribution in [0.5, 0.6) is 0 Å². The van der Waals surface area contributed by atoms with Crippen molar-refractivity contribution in [3.05, 3.63) is 53.9 Å². The summed E-state index contributed by atoms with van der Waals surface area (Å²) in [5, 5.41) is 7.29. The summed E-state index contributed by atoms with van der Waals surface area (Å²) in [7, 11) is 0. The first kappa shape index (κ1) is 14.3. The van der Waals surface area contributed by atoms with E-state index in [1.807, 2.05) is 49.0 Å². The first-order valence-corrected chi connectivity index (χ1v) is 6.97. The van der Waals surface area contributed by atoms with E-state index in [0.29, 0.717) is 13.0 Å². The zero-order valence-electron chi connectivity index (χ0n) is 12.0.